The van der Waals surface area contributed by atoms with Crippen LogP contribution in [0.25, 0.3) is 5.03 Å². The molecule has 1 aromatic carbocycles. The van der Waals surface area contributed by atoms with E-state index in [0.717, 1.165) is 11.3 Å². The van der Waals surface area contributed by atoms with Crippen molar-refractivity contribution >= 4 is 55.9 Å². The van der Waals surface area contributed by atoms with Gasteiger partial charge in [-0.05, 0) is 6.07 Å². The molecule has 0 spiro atoms. The van der Waals surface area contributed by atoms with Crippen LogP contribution in [-0.4, -0.2) is 51.2 Å². The fourth-order valence-corrected chi connectivity index (χ4v) is 4.18. The lowest BCUT2D eigenvalue weighted by molar-refractivity contribution is -0.124. The first kappa shape index (κ1) is 17.9. The summed E-state index contributed by atoms with van der Waals surface area (Å²) in [6.45, 7) is 0.337. The lowest BCUT2D eigenvalue weighted by Crippen LogP contribution is -2.17. The number of hydrogen-bond donors (Lipinski definition) is 0. The highest BCUT2D eigenvalue weighted by atomic mass is 35.5. The third-order valence-corrected chi connectivity index (χ3v) is 5.69. The van der Waals surface area contributed by atoms with Gasteiger partial charge in [0.25, 0.3) is 5.91 Å². The molecule has 10 heteroatoms. The second-order valence-corrected chi connectivity index (χ2v) is 8.23. The Morgan fingerprint density at radius 1 is 1.36 bits per heavy atom. The molecule has 132 valence electrons. The number of amides is 1. The highest BCUT2D eigenvalue weighted by Gasteiger charge is 2.28. The smallest absolute Gasteiger partial charge is 0.276 e. The summed E-state index contributed by atoms with van der Waals surface area (Å²) in [7, 11) is -2.06. The molecule has 2 aliphatic heterocycles. The van der Waals surface area contributed by atoms with Gasteiger partial charge in [-0.3, -0.25) is 4.79 Å². The number of nitrogens with zero attached hydrogens (tertiary/aromatic N) is 3. The summed E-state index contributed by atoms with van der Waals surface area (Å²) < 4.78 is 24.2. The number of carbonyl (C=O) groups is 1. The number of oxime groups is 1. The molecular formula is C15H13Cl2N3O4S. The highest BCUT2D eigenvalue weighted by Crippen LogP contribution is 2.37. The molecule has 0 aliphatic carbocycles. The SMILES string of the molecule is CN1N=C/C(=C(\Cl)c2ccc(S(C)(=O)=O)c(C3=NOCC3)c2Cl)C1=O. The summed E-state index contributed by atoms with van der Waals surface area (Å²) in [4.78, 5) is 17.1. The standard InChI is InChI=1S/C15H13Cl2N3O4S/c1-20-15(21)9(7-18-20)13(16)8-3-4-11(25(2,22)23)12(14(8)17)10-5-6-24-19-10/h3-4,7H,5-6H2,1-2H3/b13-9+. The monoisotopic (exact) mass is 401 g/mol. The minimum absolute atomic E-state index is 0.0310. The van der Waals surface area contributed by atoms with Gasteiger partial charge in [0.1, 0.15) is 6.61 Å². The molecule has 1 amide bonds. The molecule has 0 fully saturated rings. The molecule has 0 saturated heterocycles. The molecule has 0 bridgehead atoms. The van der Waals surface area contributed by atoms with E-state index in [4.69, 9.17) is 28.0 Å². The van der Waals surface area contributed by atoms with Gasteiger partial charge in [-0.1, -0.05) is 34.4 Å². The van der Waals surface area contributed by atoms with Gasteiger partial charge in [0.2, 0.25) is 0 Å². The van der Waals surface area contributed by atoms with Crippen LogP contribution in [0.5, 0.6) is 0 Å². The maximum Gasteiger partial charge on any atom is 0.276 e. The normalized spacial score (nSPS) is 19.3. The topological polar surface area (TPSA) is 88.4 Å². The van der Waals surface area contributed by atoms with Crippen LogP contribution in [0.4, 0.5) is 0 Å². The lowest BCUT2D eigenvalue weighted by Gasteiger charge is -2.14. The molecule has 0 saturated carbocycles. The molecular weight excluding hydrogens is 389 g/mol. The van der Waals surface area contributed by atoms with E-state index in [2.05, 4.69) is 10.3 Å². The molecule has 0 radical (unpaired) electrons. The van der Waals surface area contributed by atoms with Crippen molar-refractivity contribution in [1.29, 1.82) is 0 Å². The van der Waals surface area contributed by atoms with Crippen molar-refractivity contribution in [2.75, 3.05) is 19.9 Å². The van der Waals surface area contributed by atoms with E-state index in [1.807, 2.05) is 0 Å². The summed E-state index contributed by atoms with van der Waals surface area (Å²) >= 11 is 12.8. The van der Waals surface area contributed by atoms with E-state index in [0.29, 0.717) is 24.3 Å². The highest BCUT2D eigenvalue weighted by molar-refractivity contribution is 7.90. The molecule has 2 aliphatic rings. The number of carbonyl (C=O) groups excluding carboxylic acids is 1. The molecule has 0 aromatic heterocycles. The van der Waals surface area contributed by atoms with Gasteiger partial charge >= 0.3 is 0 Å². The first-order valence-electron chi connectivity index (χ1n) is 7.15. The summed E-state index contributed by atoms with van der Waals surface area (Å²) in [6, 6.07) is 2.86. The third-order valence-electron chi connectivity index (χ3n) is 3.75. The molecule has 3 rings (SSSR count). The van der Waals surface area contributed by atoms with Crippen molar-refractivity contribution in [3.05, 3.63) is 33.9 Å². The van der Waals surface area contributed by atoms with Crippen LogP contribution < -0.4 is 0 Å². The first-order chi connectivity index (χ1) is 11.7. The Labute approximate surface area is 154 Å². The minimum Gasteiger partial charge on any atom is -0.395 e. The van der Waals surface area contributed by atoms with Crippen LogP contribution in [0.3, 0.4) is 0 Å². The van der Waals surface area contributed by atoms with E-state index >= 15 is 0 Å². The van der Waals surface area contributed by atoms with Crippen LogP contribution >= 0.6 is 23.2 Å². The van der Waals surface area contributed by atoms with Gasteiger partial charge in [-0.2, -0.15) is 5.10 Å². The van der Waals surface area contributed by atoms with Crippen molar-refractivity contribution in [2.45, 2.75) is 11.3 Å². The zero-order valence-corrected chi connectivity index (χ0v) is 15.6. The fraction of sp³-hybridized carbons (Fsp3) is 0.267. The van der Waals surface area contributed by atoms with Crippen LogP contribution in [0.15, 0.2) is 32.9 Å². The molecule has 2 heterocycles. The molecule has 0 atom stereocenters. The average molecular weight is 402 g/mol. The van der Waals surface area contributed by atoms with E-state index in [9.17, 15) is 13.2 Å². The Hall–Kier alpha value is -1.90. The van der Waals surface area contributed by atoms with Gasteiger partial charge in [0, 0.05) is 30.9 Å². The van der Waals surface area contributed by atoms with Crippen molar-refractivity contribution in [3.8, 4) is 0 Å². The van der Waals surface area contributed by atoms with Gasteiger partial charge in [0.05, 0.1) is 32.4 Å². The van der Waals surface area contributed by atoms with Crippen molar-refractivity contribution in [3.63, 3.8) is 0 Å². The van der Waals surface area contributed by atoms with Gasteiger partial charge in [-0.25, -0.2) is 13.4 Å². The third kappa shape index (κ3) is 3.17. The second kappa shape index (κ2) is 6.44. The number of rotatable bonds is 3. The van der Waals surface area contributed by atoms with Crippen LogP contribution in [0.1, 0.15) is 17.5 Å². The maximum absolute atomic E-state index is 12.1. The van der Waals surface area contributed by atoms with Crippen LogP contribution in [0, 0.1) is 0 Å². The maximum atomic E-state index is 12.1. The van der Waals surface area contributed by atoms with Gasteiger partial charge in [0.15, 0.2) is 9.84 Å². The van der Waals surface area contributed by atoms with E-state index in [1.54, 1.807) is 0 Å². The Morgan fingerprint density at radius 3 is 2.60 bits per heavy atom. The predicted molar refractivity (Wildman–Crippen MR) is 95.7 cm³/mol. The Morgan fingerprint density at radius 2 is 2.08 bits per heavy atom. The lowest BCUT2D eigenvalue weighted by atomic mass is 10.0. The number of sulfone groups is 1. The minimum atomic E-state index is -3.56. The summed E-state index contributed by atoms with van der Waals surface area (Å²) in [5, 5.41) is 9.07. The average Bonchev–Trinajstić information content (AvgIpc) is 3.17. The number of hydrogen-bond acceptors (Lipinski definition) is 6. The molecule has 0 unspecified atom stereocenters. The molecule has 1 aromatic rings. The Kier molecular flexibility index (Phi) is 4.61. The van der Waals surface area contributed by atoms with E-state index < -0.39 is 9.84 Å². The summed E-state index contributed by atoms with van der Waals surface area (Å²) in [5.41, 5.74) is 1.16. The summed E-state index contributed by atoms with van der Waals surface area (Å²) in [6.07, 6.45) is 2.84. The van der Waals surface area contributed by atoms with Crippen molar-refractivity contribution in [1.82, 2.24) is 5.01 Å². The second-order valence-electron chi connectivity index (χ2n) is 5.49. The molecule has 7 nitrogen and oxygen atoms in total. The van der Waals surface area contributed by atoms with E-state index in [1.165, 1.54) is 25.4 Å². The number of halogens is 2. The van der Waals surface area contributed by atoms with Crippen LogP contribution in [-0.2, 0) is 19.5 Å². The van der Waals surface area contributed by atoms with Crippen molar-refractivity contribution < 1.29 is 18.0 Å². The zero-order valence-electron chi connectivity index (χ0n) is 13.3. The fourth-order valence-electron chi connectivity index (χ4n) is 2.51. The van der Waals surface area contributed by atoms with E-state index in [-0.39, 0.29) is 32.0 Å². The molecule has 25 heavy (non-hydrogen) atoms. The number of hydrazone groups is 1. The van der Waals surface area contributed by atoms with Gasteiger partial charge < -0.3 is 4.84 Å². The van der Waals surface area contributed by atoms with Gasteiger partial charge in [-0.15, -0.1) is 0 Å². The molecule has 0 N–H and O–H groups in total. The first-order valence-corrected chi connectivity index (χ1v) is 9.80. The predicted octanol–water partition coefficient (Wildman–Crippen LogP) is 2.28. The summed E-state index contributed by atoms with van der Waals surface area (Å²) in [5.74, 6) is -0.378. The number of benzene rings is 1. The largest absolute Gasteiger partial charge is 0.395 e. The Bertz CT molecular complexity index is 967. The number of likely N-dealkylation sites (N-methyl/N-ethyl adjacent to an activating group) is 1. The quantitative estimate of drug-likeness (QED) is 0.726. The Balaban J connectivity index is 2.25. The zero-order chi connectivity index (χ0) is 18.4. The van der Waals surface area contributed by atoms with Crippen LogP contribution in [0.2, 0.25) is 5.02 Å². The van der Waals surface area contributed by atoms with Crippen molar-refractivity contribution in [2.24, 2.45) is 10.3 Å².